The molecule has 1 aliphatic rings. The van der Waals surface area contributed by atoms with Crippen molar-refractivity contribution in [2.45, 2.75) is 31.8 Å². The molecule has 4 heterocycles. The standard InChI is InChI=1S/C21H21N5O/c27-20-13-15(22-19-10-4-6-12-26(19)20)14-25-11-5-3-9-18(25)21-23-16-7-1-2-8-17(16)24-21/h1-2,4,6-8,10,12-13,18H,3,5,9,11,14H2,(H,23,24). The van der Waals surface area contributed by atoms with Gasteiger partial charge in [0.25, 0.3) is 5.56 Å². The van der Waals surface area contributed by atoms with Crippen LogP contribution in [0.4, 0.5) is 0 Å². The molecule has 0 spiro atoms. The van der Waals surface area contributed by atoms with Crippen LogP contribution in [-0.4, -0.2) is 30.8 Å². The van der Waals surface area contributed by atoms with E-state index in [-0.39, 0.29) is 11.6 Å². The van der Waals surface area contributed by atoms with Gasteiger partial charge >= 0.3 is 0 Å². The van der Waals surface area contributed by atoms with Gasteiger partial charge in [-0.15, -0.1) is 0 Å². The maximum absolute atomic E-state index is 12.4. The number of aromatic amines is 1. The van der Waals surface area contributed by atoms with Crippen LogP contribution < -0.4 is 5.56 Å². The van der Waals surface area contributed by atoms with E-state index in [1.54, 1.807) is 16.7 Å². The molecule has 27 heavy (non-hydrogen) atoms. The second kappa shape index (κ2) is 6.63. The van der Waals surface area contributed by atoms with E-state index in [1.807, 2.05) is 36.4 Å². The van der Waals surface area contributed by atoms with Crippen molar-refractivity contribution in [2.75, 3.05) is 6.54 Å². The molecule has 0 bridgehead atoms. The fraction of sp³-hybridized carbons (Fsp3) is 0.286. The molecule has 6 nitrogen and oxygen atoms in total. The second-order valence-corrected chi connectivity index (χ2v) is 7.14. The van der Waals surface area contributed by atoms with Gasteiger partial charge in [0.2, 0.25) is 0 Å². The van der Waals surface area contributed by atoms with E-state index in [9.17, 15) is 4.79 Å². The Morgan fingerprint density at radius 2 is 1.96 bits per heavy atom. The number of nitrogens with one attached hydrogen (secondary N) is 1. The van der Waals surface area contributed by atoms with Crippen LogP contribution in [0.15, 0.2) is 59.5 Å². The molecule has 1 saturated heterocycles. The van der Waals surface area contributed by atoms with Crippen molar-refractivity contribution in [3.8, 4) is 0 Å². The number of rotatable bonds is 3. The Labute approximate surface area is 156 Å². The Bertz CT molecular complexity index is 1130. The smallest absolute Gasteiger partial charge is 0.258 e. The van der Waals surface area contributed by atoms with Crippen molar-refractivity contribution in [2.24, 2.45) is 0 Å². The first-order valence-corrected chi connectivity index (χ1v) is 9.44. The second-order valence-electron chi connectivity index (χ2n) is 7.14. The number of likely N-dealkylation sites (tertiary alicyclic amines) is 1. The minimum atomic E-state index is -0.0344. The van der Waals surface area contributed by atoms with Crippen molar-refractivity contribution in [3.63, 3.8) is 0 Å². The minimum Gasteiger partial charge on any atom is -0.341 e. The summed E-state index contributed by atoms with van der Waals surface area (Å²) in [4.78, 5) is 27.8. The number of benzene rings is 1. The monoisotopic (exact) mass is 359 g/mol. The van der Waals surface area contributed by atoms with Gasteiger partial charge in [-0.1, -0.05) is 24.6 Å². The average Bonchev–Trinajstić information content (AvgIpc) is 3.12. The molecule has 3 aromatic heterocycles. The maximum Gasteiger partial charge on any atom is 0.258 e. The van der Waals surface area contributed by atoms with Gasteiger partial charge in [-0.2, -0.15) is 0 Å². The summed E-state index contributed by atoms with van der Waals surface area (Å²) < 4.78 is 1.58. The van der Waals surface area contributed by atoms with Crippen molar-refractivity contribution in [3.05, 3.63) is 76.6 Å². The summed E-state index contributed by atoms with van der Waals surface area (Å²) >= 11 is 0. The molecule has 0 saturated carbocycles. The summed E-state index contributed by atoms with van der Waals surface area (Å²) in [6, 6.07) is 15.6. The predicted molar refractivity (Wildman–Crippen MR) is 105 cm³/mol. The highest BCUT2D eigenvalue weighted by Crippen LogP contribution is 2.31. The summed E-state index contributed by atoms with van der Waals surface area (Å²) in [5.74, 6) is 1.01. The molecule has 4 aromatic rings. The van der Waals surface area contributed by atoms with Gasteiger partial charge in [0.05, 0.1) is 22.8 Å². The summed E-state index contributed by atoms with van der Waals surface area (Å²) in [6.07, 6.45) is 5.16. The Hall–Kier alpha value is -2.99. The average molecular weight is 359 g/mol. The molecule has 1 N–H and O–H groups in total. The topological polar surface area (TPSA) is 66.3 Å². The molecule has 1 fully saturated rings. The molecule has 136 valence electrons. The Morgan fingerprint density at radius 1 is 1.07 bits per heavy atom. The largest absolute Gasteiger partial charge is 0.341 e. The summed E-state index contributed by atoms with van der Waals surface area (Å²) in [6.45, 7) is 1.64. The van der Waals surface area contributed by atoms with Gasteiger partial charge in [-0.3, -0.25) is 14.1 Å². The third-order valence-corrected chi connectivity index (χ3v) is 5.33. The van der Waals surface area contributed by atoms with Gasteiger partial charge in [0, 0.05) is 18.8 Å². The van der Waals surface area contributed by atoms with Gasteiger partial charge in [0.1, 0.15) is 11.5 Å². The third kappa shape index (κ3) is 3.02. The number of pyridine rings is 1. The SMILES string of the molecule is O=c1cc(CN2CCCCC2c2nc3ccccc3[nH]2)nc2ccccn12. The lowest BCUT2D eigenvalue weighted by atomic mass is 10.0. The minimum absolute atomic E-state index is 0.0344. The van der Waals surface area contributed by atoms with Gasteiger partial charge in [-0.05, 0) is 43.7 Å². The molecule has 1 unspecified atom stereocenters. The van der Waals surface area contributed by atoms with Crippen LogP contribution in [0.2, 0.25) is 0 Å². The van der Waals surface area contributed by atoms with Gasteiger partial charge in [-0.25, -0.2) is 9.97 Å². The molecule has 0 aliphatic carbocycles. The van der Waals surface area contributed by atoms with Crippen molar-refractivity contribution in [1.29, 1.82) is 0 Å². The van der Waals surface area contributed by atoms with Crippen LogP contribution in [0.3, 0.4) is 0 Å². The van der Waals surface area contributed by atoms with Crippen LogP contribution in [0.5, 0.6) is 0 Å². The van der Waals surface area contributed by atoms with Crippen molar-refractivity contribution in [1.82, 2.24) is 24.3 Å². The van der Waals surface area contributed by atoms with E-state index in [1.165, 1.54) is 6.42 Å². The quantitative estimate of drug-likeness (QED) is 0.609. The summed E-state index contributed by atoms with van der Waals surface area (Å²) in [5.41, 5.74) is 3.54. The first-order chi connectivity index (χ1) is 13.3. The number of aromatic nitrogens is 4. The molecular weight excluding hydrogens is 338 g/mol. The molecule has 0 amide bonds. The number of para-hydroxylation sites is 2. The van der Waals surface area contributed by atoms with Crippen LogP contribution in [0.1, 0.15) is 36.8 Å². The van der Waals surface area contributed by atoms with E-state index in [2.05, 4.69) is 16.0 Å². The molecule has 5 rings (SSSR count). The summed E-state index contributed by atoms with van der Waals surface area (Å²) in [7, 11) is 0. The van der Waals surface area contributed by atoms with E-state index >= 15 is 0 Å². The highest BCUT2D eigenvalue weighted by molar-refractivity contribution is 5.74. The molecule has 1 aliphatic heterocycles. The van der Waals surface area contributed by atoms with Crippen LogP contribution in [0, 0.1) is 0 Å². The lowest BCUT2D eigenvalue weighted by molar-refractivity contribution is 0.133. The Morgan fingerprint density at radius 3 is 2.89 bits per heavy atom. The Kier molecular flexibility index (Phi) is 3.98. The number of imidazole rings is 1. The zero-order chi connectivity index (χ0) is 18.2. The van der Waals surface area contributed by atoms with Crippen molar-refractivity contribution >= 4 is 16.7 Å². The van der Waals surface area contributed by atoms with E-state index < -0.39 is 0 Å². The van der Waals surface area contributed by atoms with Gasteiger partial charge in [0.15, 0.2) is 0 Å². The fourth-order valence-electron chi connectivity index (χ4n) is 4.01. The van der Waals surface area contributed by atoms with Crippen LogP contribution in [0.25, 0.3) is 16.7 Å². The van der Waals surface area contributed by atoms with E-state index in [0.29, 0.717) is 12.2 Å². The highest BCUT2D eigenvalue weighted by atomic mass is 16.1. The Balaban J connectivity index is 1.48. The fourth-order valence-corrected chi connectivity index (χ4v) is 4.01. The lowest BCUT2D eigenvalue weighted by Gasteiger charge is -2.34. The zero-order valence-corrected chi connectivity index (χ0v) is 15.0. The maximum atomic E-state index is 12.4. The number of hydrogen-bond acceptors (Lipinski definition) is 4. The number of H-pyrrole nitrogens is 1. The normalized spacial score (nSPS) is 18.3. The first-order valence-electron chi connectivity index (χ1n) is 9.44. The molecule has 1 aromatic carbocycles. The number of nitrogens with zero attached hydrogens (tertiary/aromatic N) is 4. The highest BCUT2D eigenvalue weighted by Gasteiger charge is 2.27. The van der Waals surface area contributed by atoms with E-state index in [0.717, 1.165) is 41.9 Å². The van der Waals surface area contributed by atoms with Crippen LogP contribution >= 0.6 is 0 Å². The van der Waals surface area contributed by atoms with Crippen molar-refractivity contribution < 1.29 is 0 Å². The third-order valence-electron chi connectivity index (χ3n) is 5.33. The molecule has 0 radical (unpaired) electrons. The van der Waals surface area contributed by atoms with Gasteiger partial charge < -0.3 is 4.98 Å². The summed E-state index contributed by atoms with van der Waals surface area (Å²) in [5, 5.41) is 0. The van der Waals surface area contributed by atoms with E-state index in [4.69, 9.17) is 9.97 Å². The molecule has 6 heteroatoms. The van der Waals surface area contributed by atoms with Crippen LogP contribution in [-0.2, 0) is 6.54 Å². The first kappa shape index (κ1) is 16.2. The lowest BCUT2D eigenvalue weighted by Crippen LogP contribution is -2.34. The molecular formula is C21H21N5O. The predicted octanol–water partition coefficient (Wildman–Crippen LogP) is 3.30. The number of hydrogen-bond donors (Lipinski definition) is 1. The number of fused-ring (bicyclic) bond motifs is 2. The zero-order valence-electron chi connectivity index (χ0n) is 15.0. The number of piperidine rings is 1. The molecule has 1 atom stereocenters.